The van der Waals surface area contributed by atoms with E-state index in [9.17, 15) is 4.79 Å². The van der Waals surface area contributed by atoms with Crippen molar-refractivity contribution in [1.29, 1.82) is 5.26 Å². The van der Waals surface area contributed by atoms with Crippen molar-refractivity contribution in [2.75, 3.05) is 6.61 Å². The minimum Gasteiger partial charge on any atom is -0.475 e. The average Bonchev–Trinajstić information content (AvgIpc) is 3.02. The fourth-order valence-corrected chi connectivity index (χ4v) is 3.75. The lowest BCUT2D eigenvalue weighted by Crippen LogP contribution is -2.39. The lowest BCUT2D eigenvalue weighted by molar-refractivity contribution is -0.158. The van der Waals surface area contributed by atoms with Crippen LogP contribution in [0.1, 0.15) is 32.0 Å². The van der Waals surface area contributed by atoms with Gasteiger partial charge < -0.3 is 9.47 Å². The minimum absolute atomic E-state index is 0.293. The summed E-state index contributed by atoms with van der Waals surface area (Å²) >= 11 is 1.39. The standard InChI is InChI=1S/C21H20N2O3S/c1-5-25-20(24)21(3,4)26-17-11-10-16-13(2)23-27-19(16)18(17)15-8-6-14(12-22)7-9-15/h6-11H,5H2,1-4H3. The van der Waals surface area contributed by atoms with Gasteiger partial charge in [-0.25, -0.2) is 4.79 Å². The number of benzene rings is 2. The number of fused-ring (bicyclic) bond motifs is 1. The van der Waals surface area contributed by atoms with Crippen LogP contribution in [0.25, 0.3) is 21.2 Å². The van der Waals surface area contributed by atoms with Crippen LogP contribution in [0, 0.1) is 18.3 Å². The van der Waals surface area contributed by atoms with E-state index in [0.717, 1.165) is 26.9 Å². The molecule has 27 heavy (non-hydrogen) atoms. The molecule has 0 radical (unpaired) electrons. The molecular formula is C21H20N2O3S. The summed E-state index contributed by atoms with van der Waals surface area (Å²) in [5.74, 6) is 0.158. The summed E-state index contributed by atoms with van der Waals surface area (Å²) in [4.78, 5) is 12.3. The van der Waals surface area contributed by atoms with E-state index in [1.165, 1.54) is 11.5 Å². The summed E-state index contributed by atoms with van der Waals surface area (Å²) in [5.41, 5.74) is 2.16. The van der Waals surface area contributed by atoms with Gasteiger partial charge in [0.1, 0.15) is 5.75 Å². The van der Waals surface area contributed by atoms with Crippen molar-refractivity contribution in [3.8, 4) is 22.9 Å². The molecule has 138 valence electrons. The lowest BCUT2D eigenvalue weighted by atomic mass is 10.0. The van der Waals surface area contributed by atoms with Crippen molar-refractivity contribution in [3.05, 3.63) is 47.7 Å². The summed E-state index contributed by atoms with van der Waals surface area (Å²) in [6.45, 7) is 7.40. The highest BCUT2D eigenvalue weighted by atomic mass is 32.1. The van der Waals surface area contributed by atoms with Crippen molar-refractivity contribution in [1.82, 2.24) is 4.37 Å². The molecule has 0 aliphatic heterocycles. The van der Waals surface area contributed by atoms with Crippen LogP contribution in [-0.2, 0) is 9.53 Å². The number of carbonyl (C=O) groups is 1. The number of nitriles is 1. The van der Waals surface area contributed by atoms with E-state index in [0.29, 0.717) is 17.9 Å². The van der Waals surface area contributed by atoms with Gasteiger partial charge in [-0.15, -0.1) is 0 Å². The largest absolute Gasteiger partial charge is 0.475 e. The maximum Gasteiger partial charge on any atom is 0.349 e. The second-order valence-electron chi connectivity index (χ2n) is 6.61. The molecular weight excluding hydrogens is 360 g/mol. The van der Waals surface area contributed by atoms with Crippen LogP contribution in [0.3, 0.4) is 0 Å². The predicted octanol–water partition coefficient (Wildman–Crippen LogP) is 4.86. The predicted molar refractivity (Wildman–Crippen MR) is 106 cm³/mol. The van der Waals surface area contributed by atoms with Gasteiger partial charge in [-0.2, -0.15) is 9.64 Å². The fourth-order valence-electron chi connectivity index (χ4n) is 2.80. The van der Waals surface area contributed by atoms with E-state index < -0.39 is 11.6 Å². The molecule has 0 fully saturated rings. The number of hydrogen-bond acceptors (Lipinski definition) is 6. The van der Waals surface area contributed by atoms with Crippen LogP contribution in [0.5, 0.6) is 5.75 Å². The molecule has 3 aromatic rings. The number of ether oxygens (including phenoxy) is 2. The number of hydrogen-bond donors (Lipinski definition) is 0. The SMILES string of the molecule is CCOC(=O)C(C)(C)Oc1ccc2c(C)nsc2c1-c1ccc(C#N)cc1. The van der Waals surface area contributed by atoms with E-state index in [-0.39, 0.29) is 0 Å². The molecule has 6 heteroatoms. The number of carbonyl (C=O) groups excluding carboxylic acids is 1. The molecule has 5 nitrogen and oxygen atoms in total. The fraction of sp³-hybridized carbons (Fsp3) is 0.286. The van der Waals surface area contributed by atoms with Gasteiger partial charge in [-0.3, -0.25) is 0 Å². The molecule has 0 saturated carbocycles. The molecule has 0 aliphatic rings. The third-order valence-electron chi connectivity index (χ3n) is 4.22. The zero-order valence-electron chi connectivity index (χ0n) is 15.7. The maximum atomic E-state index is 12.3. The molecule has 0 spiro atoms. The van der Waals surface area contributed by atoms with Gasteiger partial charge >= 0.3 is 5.97 Å². The Morgan fingerprint density at radius 1 is 1.22 bits per heavy atom. The first-order chi connectivity index (χ1) is 12.9. The number of nitrogens with zero attached hydrogens (tertiary/aromatic N) is 2. The van der Waals surface area contributed by atoms with Gasteiger partial charge in [-0.1, -0.05) is 12.1 Å². The van der Waals surface area contributed by atoms with Crippen molar-refractivity contribution in [3.63, 3.8) is 0 Å². The second kappa shape index (κ2) is 7.37. The molecule has 0 atom stereocenters. The maximum absolute atomic E-state index is 12.3. The van der Waals surface area contributed by atoms with Crippen molar-refractivity contribution in [2.45, 2.75) is 33.3 Å². The third kappa shape index (κ3) is 3.64. The summed E-state index contributed by atoms with van der Waals surface area (Å²) in [5, 5.41) is 10.1. The van der Waals surface area contributed by atoms with Crippen LogP contribution >= 0.6 is 11.5 Å². The highest BCUT2D eigenvalue weighted by Crippen LogP contribution is 2.41. The van der Waals surface area contributed by atoms with Crippen molar-refractivity contribution in [2.24, 2.45) is 0 Å². The Labute approximate surface area is 162 Å². The molecule has 0 aliphatic carbocycles. The average molecular weight is 380 g/mol. The molecule has 2 aromatic carbocycles. The van der Waals surface area contributed by atoms with Crippen LogP contribution in [0.4, 0.5) is 0 Å². The first kappa shape index (κ1) is 18.9. The van der Waals surface area contributed by atoms with E-state index in [2.05, 4.69) is 10.4 Å². The number of aryl methyl sites for hydroxylation is 1. The normalized spacial score (nSPS) is 11.2. The zero-order valence-corrected chi connectivity index (χ0v) is 16.5. The monoisotopic (exact) mass is 380 g/mol. The molecule has 1 heterocycles. The Hall–Kier alpha value is -2.91. The van der Waals surface area contributed by atoms with Crippen LogP contribution in [0.15, 0.2) is 36.4 Å². The molecule has 0 saturated heterocycles. The molecule has 1 aromatic heterocycles. The van der Waals surface area contributed by atoms with E-state index in [1.54, 1.807) is 32.9 Å². The highest BCUT2D eigenvalue weighted by Gasteiger charge is 2.33. The highest BCUT2D eigenvalue weighted by molar-refractivity contribution is 7.14. The summed E-state index contributed by atoms with van der Waals surface area (Å²) in [6, 6.07) is 13.2. The van der Waals surface area contributed by atoms with E-state index in [4.69, 9.17) is 14.7 Å². The van der Waals surface area contributed by atoms with Crippen molar-refractivity contribution >= 4 is 27.6 Å². The summed E-state index contributed by atoms with van der Waals surface area (Å²) in [7, 11) is 0. The van der Waals surface area contributed by atoms with Gasteiger partial charge in [0.25, 0.3) is 0 Å². The lowest BCUT2D eigenvalue weighted by Gasteiger charge is -2.25. The van der Waals surface area contributed by atoms with Crippen LogP contribution in [0.2, 0.25) is 0 Å². The molecule has 3 rings (SSSR count). The van der Waals surface area contributed by atoms with Gasteiger partial charge in [0.05, 0.1) is 28.6 Å². The van der Waals surface area contributed by atoms with Gasteiger partial charge in [-0.05, 0) is 69.1 Å². The third-order valence-corrected chi connectivity index (χ3v) is 5.19. The Morgan fingerprint density at radius 3 is 2.56 bits per heavy atom. The zero-order chi connectivity index (χ0) is 19.6. The van der Waals surface area contributed by atoms with E-state index >= 15 is 0 Å². The summed E-state index contributed by atoms with van der Waals surface area (Å²) in [6.07, 6.45) is 0. The first-order valence-electron chi connectivity index (χ1n) is 8.63. The Morgan fingerprint density at radius 2 is 1.93 bits per heavy atom. The minimum atomic E-state index is -1.13. The topological polar surface area (TPSA) is 72.2 Å². The summed E-state index contributed by atoms with van der Waals surface area (Å²) < 4.78 is 16.7. The Bertz CT molecular complexity index is 1030. The van der Waals surface area contributed by atoms with E-state index in [1.807, 2.05) is 31.2 Å². The number of rotatable bonds is 5. The Balaban J connectivity index is 2.15. The van der Waals surface area contributed by atoms with Gasteiger partial charge in [0.2, 0.25) is 0 Å². The molecule has 0 amide bonds. The van der Waals surface area contributed by atoms with Crippen molar-refractivity contribution < 1.29 is 14.3 Å². The first-order valence-corrected chi connectivity index (χ1v) is 9.40. The number of aromatic nitrogens is 1. The molecule has 0 bridgehead atoms. The van der Waals surface area contributed by atoms with Gasteiger partial charge in [0.15, 0.2) is 5.60 Å². The van der Waals surface area contributed by atoms with Crippen LogP contribution < -0.4 is 4.74 Å². The molecule has 0 unspecified atom stereocenters. The second-order valence-corrected chi connectivity index (χ2v) is 7.38. The van der Waals surface area contributed by atoms with Crippen LogP contribution in [-0.4, -0.2) is 22.6 Å². The van der Waals surface area contributed by atoms with Gasteiger partial charge in [0, 0.05) is 10.9 Å². The number of esters is 1. The molecule has 0 N–H and O–H groups in total. The quantitative estimate of drug-likeness (QED) is 0.591. The Kier molecular flexibility index (Phi) is 5.15. The smallest absolute Gasteiger partial charge is 0.349 e.